The molecule has 0 aliphatic heterocycles. The summed E-state index contributed by atoms with van der Waals surface area (Å²) in [7, 11) is 2.11. The van der Waals surface area contributed by atoms with Crippen LogP contribution in [-0.4, -0.2) is 32.4 Å². The van der Waals surface area contributed by atoms with Gasteiger partial charge in [-0.2, -0.15) is 0 Å². The molecular weight excluding hydrogens is 781 g/mol. The minimum Gasteiger partial charge on any atom is -0.329 e. The predicted molar refractivity (Wildman–Crippen MR) is 269 cm³/mol. The van der Waals surface area contributed by atoms with Gasteiger partial charge in [0.15, 0.2) is 0 Å². The van der Waals surface area contributed by atoms with E-state index in [0.29, 0.717) is 5.70 Å². The fourth-order valence-corrected chi connectivity index (χ4v) is 9.15. The number of nitrogens with zero attached hydrogens (tertiary/aromatic N) is 5. The van der Waals surface area contributed by atoms with Gasteiger partial charge in [0.1, 0.15) is 5.82 Å². The maximum absolute atomic E-state index is 8.62. The van der Waals surface area contributed by atoms with Crippen molar-refractivity contribution in [2.24, 2.45) is 0 Å². The first-order valence-corrected chi connectivity index (χ1v) is 21.4. The molecule has 0 saturated carbocycles. The maximum atomic E-state index is 8.62. The standard InChI is InChI=1S/C58H42N6/c1-39(33-46(38-59)64-54-26-15-13-24-48(54)58-56(64)27-16-32-60-58)63-53-25-14-12-23-47(53)50-35-44(29-31-55(50)63)43-28-30-52(49(34-43)41-19-8-4-9-20-41)62(2)57-37-45(40-17-6-3-7-18-40)36-51(61-57)42-21-10-5-11-22-42/h3-38,59H,1H2,2H3/b46-33+,59-38?. The summed E-state index contributed by atoms with van der Waals surface area (Å²) >= 11 is 0. The van der Waals surface area contributed by atoms with E-state index in [9.17, 15) is 0 Å². The number of anilines is 2. The van der Waals surface area contributed by atoms with E-state index in [0.717, 1.165) is 106 Å². The second-order valence-corrected chi connectivity index (χ2v) is 16.0. The van der Waals surface area contributed by atoms with Crippen LogP contribution in [0.1, 0.15) is 0 Å². The molecule has 0 unspecified atom stereocenters. The lowest BCUT2D eigenvalue weighted by Gasteiger charge is -2.24. The van der Waals surface area contributed by atoms with E-state index < -0.39 is 0 Å². The van der Waals surface area contributed by atoms with E-state index >= 15 is 0 Å². The van der Waals surface area contributed by atoms with Gasteiger partial charge < -0.3 is 19.4 Å². The molecule has 6 heteroatoms. The third kappa shape index (κ3) is 6.65. The zero-order valence-electron chi connectivity index (χ0n) is 35.2. The Morgan fingerprint density at radius 1 is 0.516 bits per heavy atom. The molecule has 0 fully saturated rings. The van der Waals surface area contributed by atoms with Crippen molar-refractivity contribution in [3.8, 4) is 44.6 Å². The van der Waals surface area contributed by atoms with Gasteiger partial charge >= 0.3 is 0 Å². The second kappa shape index (κ2) is 16.0. The first kappa shape index (κ1) is 38.3. The highest BCUT2D eigenvalue weighted by Crippen LogP contribution is 2.41. The van der Waals surface area contributed by atoms with E-state index in [1.54, 1.807) is 0 Å². The van der Waals surface area contributed by atoms with Gasteiger partial charge in [0.25, 0.3) is 0 Å². The summed E-state index contributed by atoms with van der Waals surface area (Å²) < 4.78 is 4.31. The molecule has 4 heterocycles. The molecule has 0 spiro atoms. The van der Waals surface area contributed by atoms with Crippen molar-refractivity contribution in [1.82, 2.24) is 19.1 Å². The highest BCUT2D eigenvalue weighted by atomic mass is 15.2. The molecule has 0 aliphatic rings. The van der Waals surface area contributed by atoms with Gasteiger partial charge in [-0.05, 0) is 94.6 Å². The molecule has 4 aromatic heterocycles. The van der Waals surface area contributed by atoms with Gasteiger partial charge in [-0.1, -0.05) is 146 Å². The van der Waals surface area contributed by atoms with Crippen LogP contribution in [0.2, 0.25) is 0 Å². The van der Waals surface area contributed by atoms with E-state index in [1.165, 1.54) is 6.21 Å². The molecule has 304 valence electrons. The SMILES string of the molecule is C=C(/C=C(\C=N)n1c2ccccc2c2ncccc21)n1c2ccccc2c2cc(-c3ccc(N(C)c4cc(-c5ccccc5)cc(-c5ccccc5)n4)c(-c4ccccc4)c3)ccc21. The minimum atomic E-state index is 0.698. The lowest BCUT2D eigenvalue weighted by atomic mass is 9.96. The molecule has 11 aromatic rings. The van der Waals surface area contributed by atoms with Crippen molar-refractivity contribution in [2.45, 2.75) is 0 Å². The zero-order valence-corrected chi connectivity index (χ0v) is 35.2. The van der Waals surface area contributed by atoms with Gasteiger partial charge in [0.2, 0.25) is 0 Å². The Kier molecular flexibility index (Phi) is 9.59. The van der Waals surface area contributed by atoms with Crippen LogP contribution in [0.5, 0.6) is 0 Å². The van der Waals surface area contributed by atoms with Crippen LogP contribution in [0.3, 0.4) is 0 Å². The summed E-state index contributed by atoms with van der Waals surface area (Å²) in [6.07, 6.45) is 5.22. The Morgan fingerprint density at radius 2 is 1.11 bits per heavy atom. The van der Waals surface area contributed by atoms with Crippen molar-refractivity contribution in [2.75, 3.05) is 11.9 Å². The molecule has 0 saturated heterocycles. The van der Waals surface area contributed by atoms with Crippen LogP contribution in [0, 0.1) is 5.41 Å². The Bertz CT molecular complexity index is 3490. The highest BCUT2D eigenvalue weighted by molar-refractivity contribution is 6.16. The quantitative estimate of drug-likeness (QED) is 0.110. The third-order valence-electron chi connectivity index (χ3n) is 12.2. The number of pyridine rings is 2. The number of aromatic nitrogens is 4. The number of hydrogen-bond acceptors (Lipinski definition) is 4. The monoisotopic (exact) mass is 822 g/mol. The zero-order chi connectivity index (χ0) is 43.1. The summed E-state index contributed by atoms with van der Waals surface area (Å²) in [6.45, 7) is 4.62. The van der Waals surface area contributed by atoms with Gasteiger partial charge in [-0.25, -0.2) is 4.98 Å². The van der Waals surface area contributed by atoms with E-state index in [-0.39, 0.29) is 0 Å². The average molecular weight is 823 g/mol. The van der Waals surface area contributed by atoms with Crippen molar-refractivity contribution in [1.29, 1.82) is 5.41 Å². The summed E-state index contributed by atoms with van der Waals surface area (Å²) in [5.41, 5.74) is 16.1. The number of rotatable bonds is 10. The van der Waals surface area contributed by atoms with Gasteiger partial charge in [0.05, 0.1) is 39.0 Å². The number of benzene rings is 7. The van der Waals surface area contributed by atoms with Crippen molar-refractivity contribution in [3.63, 3.8) is 0 Å². The van der Waals surface area contributed by atoms with Crippen LogP contribution in [-0.2, 0) is 0 Å². The summed E-state index contributed by atoms with van der Waals surface area (Å²) in [6, 6.07) is 70.0. The summed E-state index contributed by atoms with van der Waals surface area (Å²) in [4.78, 5) is 12.2. The van der Waals surface area contributed by atoms with Crippen molar-refractivity contribution < 1.29 is 0 Å². The number of allylic oxidation sites excluding steroid dienone is 3. The van der Waals surface area contributed by atoms with Gasteiger partial charge in [0, 0.05) is 58.1 Å². The molecular formula is C58H42N6. The number of para-hydroxylation sites is 2. The molecule has 0 amide bonds. The summed E-state index contributed by atoms with van der Waals surface area (Å²) in [5.74, 6) is 0.856. The average Bonchev–Trinajstić information content (AvgIpc) is 3.88. The fourth-order valence-electron chi connectivity index (χ4n) is 9.15. The Morgan fingerprint density at radius 3 is 1.84 bits per heavy atom. The minimum absolute atomic E-state index is 0.698. The molecule has 0 bridgehead atoms. The molecule has 7 aromatic carbocycles. The largest absolute Gasteiger partial charge is 0.329 e. The Balaban J connectivity index is 1.02. The third-order valence-corrected chi connectivity index (χ3v) is 12.2. The Hall–Kier alpha value is -8.61. The molecule has 64 heavy (non-hydrogen) atoms. The highest BCUT2D eigenvalue weighted by Gasteiger charge is 2.19. The van der Waals surface area contributed by atoms with Crippen LogP contribution in [0.4, 0.5) is 11.5 Å². The molecule has 1 N–H and O–H groups in total. The molecule has 0 radical (unpaired) electrons. The first-order valence-electron chi connectivity index (χ1n) is 21.4. The lowest BCUT2D eigenvalue weighted by molar-refractivity contribution is 1.13. The maximum Gasteiger partial charge on any atom is 0.134 e. The molecule has 11 rings (SSSR count). The first-order chi connectivity index (χ1) is 31.5. The topological polar surface area (TPSA) is 62.7 Å². The van der Waals surface area contributed by atoms with Crippen molar-refractivity contribution in [3.05, 3.63) is 219 Å². The van der Waals surface area contributed by atoms with Crippen LogP contribution in [0.25, 0.3) is 99.8 Å². The predicted octanol–water partition coefficient (Wildman–Crippen LogP) is 14.8. The van der Waals surface area contributed by atoms with E-state index in [1.807, 2.05) is 36.5 Å². The fraction of sp³-hybridized carbons (Fsp3) is 0.0172. The molecule has 0 aliphatic carbocycles. The lowest BCUT2D eigenvalue weighted by Crippen LogP contribution is -2.13. The van der Waals surface area contributed by atoms with Gasteiger partial charge in [-0.15, -0.1) is 0 Å². The van der Waals surface area contributed by atoms with Crippen molar-refractivity contribution >= 4 is 72.9 Å². The second-order valence-electron chi connectivity index (χ2n) is 16.0. The molecule has 6 nitrogen and oxygen atoms in total. The number of hydrogen-bond donors (Lipinski definition) is 1. The smallest absolute Gasteiger partial charge is 0.134 e. The van der Waals surface area contributed by atoms with Gasteiger partial charge in [-0.3, -0.25) is 4.98 Å². The van der Waals surface area contributed by atoms with E-state index in [2.05, 4.69) is 204 Å². The number of nitrogens with one attached hydrogen (secondary N) is 1. The van der Waals surface area contributed by atoms with Crippen LogP contribution in [0.15, 0.2) is 219 Å². The van der Waals surface area contributed by atoms with E-state index in [4.69, 9.17) is 15.4 Å². The summed E-state index contributed by atoms with van der Waals surface area (Å²) in [5, 5.41) is 11.9. The Labute approximate surface area is 371 Å². The van der Waals surface area contributed by atoms with Crippen LogP contribution < -0.4 is 4.90 Å². The molecule has 0 atom stereocenters. The number of fused-ring (bicyclic) bond motifs is 6. The normalized spacial score (nSPS) is 11.7. The van der Waals surface area contributed by atoms with Crippen LogP contribution >= 0.6 is 0 Å².